The summed E-state index contributed by atoms with van der Waals surface area (Å²) < 4.78 is 26.9. The molecule has 0 amide bonds. The number of anilines is 1. The van der Waals surface area contributed by atoms with Gasteiger partial charge in [-0.05, 0) is 0 Å². The fourth-order valence-electron chi connectivity index (χ4n) is 2.16. The first-order valence-electron chi connectivity index (χ1n) is 6.13. The number of carboxylic acids is 1. The van der Waals surface area contributed by atoms with Gasteiger partial charge in [0.05, 0.1) is 30.4 Å². The van der Waals surface area contributed by atoms with Crippen molar-refractivity contribution in [2.24, 2.45) is 7.05 Å². The van der Waals surface area contributed by atoms with Crippen molar-refractivity contribution < 1.29 is 23.8 Å². The topological polar surface area (TPSA) is 91.5 Å². The van der Waals surface area contributed by atoms with Crippen molar-refractivity contribution in [1.82, 2.24) is 14.8 Å². The van der Waals surface area contributed by atoms with Crippen molar-refractivity contribution in [2.75, 3.05) is 24.6 Å². The molecule has 114 valence electrons. The Morgan fingerprint density at radius 2 is 2.19 bits per heavy atom. The number of aromatic carboxylic acids is 1. The van der Waals surface area contributed by atoms with Crippen molar-refractivity contribution in [2.45, 2.75) is 6.43 Å². The quantitative estimate of drug-likeness (QED) is 0.817. The molecule has 2 aromatic rings. The number of aromatic nitrogens is 3. The molecule has 0 unspecified atom stereocenters. The highest BCUT2D eigenvalue weighted by molar-refractivity contribution is 6.03. The molecular formula is C12H14F2N4O3. The van der Waals surface area contributed by atoms with Crippen molar-refractivity contribution in [3.05, 3.63) is 18.0 Å². The summed E-state index contributed by atoms with van der Waals surface area (Å²) in [6.07, 6.45) is -0.185. The Morgan fingerprint density at radius 3 is 2.76 bits per heavy atom. The first-order valence-corrected chi connectivity index (χ1v) is 6.13. The SMILES string of the molecule is Cn1ncc2c(N(CCO)CC(F)F)c(C(=O)O)cnc21. The van der Waals surface area contributed by atoms with E-state index < -0.39 is 18.9 Å². The Hall–Kier alpha value is -2.29. The van der Waals surface area contributed by atoms with Gasteiger partial charge in [-0.15, -0.1) is 0 Å². The number of pyridine rings is 1. The largest absolute Gasteiger partial charge is 0.478 e. The van der Waals surface area contributed by atoms with E-state index in [-0.39, 0.29) is 24.4 Å². The minimum Gasteiger partial charge on any atom is -0.478 e. The molecule has 0 aliphatic heterocycles. The number of aryl methyl sites for hydroxylation is 1. The normalized spacial score (nSPS) is 11.3. The number of hydrogen-bond acceptors (Lipinski definition) is 5. The summed E-state index contributed by atoms with van der Waals surface area (Å²) in [6, 6.07) is 0. The lowest BCUT2D eigenvalue weighted by molar-refractivity contribution is 0.0696. The molecule has 0 saturated carbocycles. The van der Waals surface area contributed by atoms with Crippen LogP contribution in [-0.4, -0.2) is 57.1 Å². The van der Waals surface area contributed by atoms with Crippen LogP contribution in [0.15, 0.2) is 12.4 Å². The van der Waals surface area contributed by atoms with Crippen molar-refractivity contribution >= 4 is 22.7 Å². The molecule has 9 heteroatoms. The molecule has 2 N–H and O–H groups in total. The maximum atomic E-state index is 12.7. The van der Waals surface area contributed by atoms with Gasteiger partial charge < -0.3 is 15.1 Å². The van der Waals surface area contributed by atoms with Crippen LogP contribution in [0.3, 0.4) is 0 Å². The van der Waals surface area contributed by atoms with E-state index in [2.05, 4.69) is 10.1 Å². The Labute approximate surface area is 118 Å². The molecule has 0 bridgehead atoms. The lowest BCUT2D eigenvalue weighted by Crippen LogP contribution is -2.33. The predicted octanol–water partition coefficient (Wildman–Crippen LogP) is 0.730. The number of carboxylic acid groups (broad SMARTS) is 1. The molecule has 0 aliphatic rings. The summed E-state index contributed by atoms with van der Waals surface area (Å²) in [4.78, 5) is 16.4. The molecule has 0 aliphatic carbocycles. The van der Waals surface area contributed by atoms with Gasteiger partial charge in [-0.3, -0.25) is 4.68 Å². The molecule has 0 atom stereocenters. The molecule has 21 heavy (non-hydrogen) atoms. The Bertz CT molecular complexity index is 659. The van der Waals surface area contributed by atoms with Gasteiger partial charge in [0.15, 0.2) is 5.65 Å². The van der Waals surface area contributed by atoms with E-state index in [1.807, 2.05) is 0 Å². The van der Waals surface area contributed by atoms with Crippen LogP contribution in [-0.2, 0) is 7.05 Å². The molecule has 0 radical (unpaired) electrons. The summed E-state index contributed by atoms with van der Waals surface area (Å²) in [6.45, 7) is -1.18. The van der Waals surface area contributed by atoms with E-state index in [0.717, 1.165) is 11.1 Å². The van der Waals surface area contributed by atoms with Crippen LogP contribution in [0.5, 0.6) is 0 Å². The van der Waals surface area contributed by atoms with Gasteiger partial charge in [0.2, 0.25) is 0 Å². The monoisotopic (exact) mass is 300 g/mol. The third-order valence-corrected chi connectivity index (χ3v) is 3.01. The van der Waals surface area contributed by atoms with E-state index in [4.69, 9.17) is 5.11 Å². The second-order valence-corrected chi connectivity index (χ2v) is 4.39. The Balaban J connectivity index is 2.66. The first-order chi connectivity index (χ1) is 9.95. The lowest BCUT2D eigenvalue weighted by Gasteiger charge is -2.25. The number of halogens is 2. The third kappa shape index (κ3) is 2.92. The van der Waals surface area contributed by atoms with Gasteiger partial charge in [-0.1, -0.05) is 0 Å². The number of alkyl halides is 2. The highest BCUT2D eigenvalue weighted by atomic mass is 19.3. The van der Waals surface area contributed by atoms with Gasteiger partial charge in [0.25, 0.3) is 6.43 Å². The number of aliphatic hydroxyl groups is 1. The van der Waals surface area contributed by atoms with E-state index in [1.165, 1.54) is 10.9 Å². The maximum Gasteiger partial charge on any atom is 0.339 e. The van der Waals surface area contributed by atoms with Crippen LogP contribution in [0.25, 0.3) is 11.0 Å². The van der Waals surface area contributed by atoms with Crippen molar-refractivity contribution in [3.63, 3.8) is 0 Å². The number of fused-ring (bicyclic) bond motifs is 1. The minimum atomic E-state index is -2.67. The number of carbonyl (C=O) groups is 1. The maximum absolute atomic E-state index is 12.7. The zero-order valence-corrected chi connectivity index (χ0v) is 11.2. The summed E-state index contributed by atoms with van der Waals surface area (Å²) in [5.74, 6) is -1.28. The van der Waals surface area contributed by atoms with Crippen LogP contribution in [0.1, 0.15) is 10.4 Å². The predicted molar refractivity (Wildman–Crippen MR) is 70.8 cm³/mol. The average Bonchev–Trinajstić information content (AvgIpc) is 2.78. The van der Waals surface area contributed by atoms with Crippen molar-refractivity contribution in [3.8, 4) is 0 Å². The number of hydrogen-bond donors (Lipinski definition) is 2. The average molecular weight is 300 g/mol. The van der Waals surface area contributed by atoms with Crippen LogP contribution >= 0.6 is 0 Å². The molecule has 0 fully saturated rings. The lowest BCUT2D eigenvalue weighted by atomic mass is 10.1. The molecule has 0 saturated heterocycles. The number of aliphatic hydroxyl groups excluding tert-OH is 1. The second kappa shape index (κ2) is 6.00. The van der Waals surface area contributed by atoms with Gasteiger partial charge in [-0.25, -0.2) is 18.6 Å². The number of rotatable bonds is 6. The van der Waals surface area contributed by atoms with Crippen LogP contribution in [0.2, 0.25) is 0 Å². The Morgan fingerprint density at radius 1 is 1.48 bits per heavy atom. The highest BCUT2D eigenvalue weighted by Crippen LogP contribution is 2.29. The van der Waals surface area contributed by atoms with Gasteiger partial charge in [-0.2, -0.15) is 5.10 Å². The van der Waals surface area contributed by atoms with Gasteiger partial charge in [0, 0.05) is 19.8 Å². The van der Waals surface area contributed by atoms with Gasteiger partial charge in [0.1, 0.15) is 5.56 Å². The minimum absolute atomic E-state index is 0.0925. The summed E-state index contributed by atoms with van der Waals surface area (Å²) >= 11 is 0. The summed E-state index contributed by atoms with van der Waals surface area (Å²) in [5, 5.41) is 22.6. The molecule has 0 spiro atoms. The third-order valence-electron chi connectivity index (χ3n) is 3.01. The van der Waals surface area contributed by atoms with Gasteiger partial charge >= 0.3 is 5.97 Å². The van der Waals surface area contributed by atoms with Crippen molar-refractivity contribution in [1.29, 1.82) is 0 Å². The van der Waals surface area contributed by atoms with Crippen LogP contribution in [0, 0.1) is 0 Å². The first kappa shape index (κ1) is 15.1. The molecule has 2 heterocycles. The zero-order chi connectivity index (χ0) is 15.6. The Kier molecular flexibility index (Phi) is 4.32. The highest BCUT2D eigenvalue weighted by Gasteiger charge is 2.23. The van der Waals surface area contributed by atoms with E-state index >= 15 is 0 Å². The standard InChI is InChI=1S/C12H14F2N4O3/c1-17-11-7(5-16-17)10(8(4-15-11)12(20)21)18(2-3-19)6-9(13)14/h4-5,9,19H,2-3,6H2,1H3,(H,20,21). The molecule has 7 nitrogen and oxygen atoms in total. The number of nitrogens with zero attached hydrogens (tertiary/aromatic N) is 4. The second-order valence-electron chi connectivity index (χ2n) is 4.39. The molecule has 2 rings (SSSR count). The fourth-order valence-corrected chi connectivity index (χ4v) is 2.16. The van der Waals surface area contributed by atoms with E-state index in [0.29, 0.717) is 11.0 Å². The fraction of sp³-hybridized carbons (Fsp3) is 0.417. The zero-order valence-electron chi connectivity index (χ0n) is 11.2. The molecular weight excluding hydrogens is 286 g/mol. The van der Waals surface area contributed by atoms with Crippen LogP contribution in [0.4, 0.5) is 14.5 Å². The summed E-state index contributed by atoms with van der Waals surface area (Å²) in [7, 11) is 1.61. The van der Waals surface area contributed by atoms with E-state index in [9.17, 15) is 18.7 Å². The molecule has 2 aromatic heterocycles. The van der Waals surface area contributed by atoms with Crippen LogP contribution < -0.4 is 4.90 Å². The smallest absolute Gasteiger partial charge is 0.339 e. The van der Waals surface area contributed by atoms with E-state index in [1.54, 1.807) is 7.05 Å². The summed E-state index contributed by atoms with van der Waals surface area (Å²) in [5.41, 5.74) is 0.270. The molecule has 0 aromatic carbocycles.